The highest BCUT2D eigenvalue weighted by Gasteiger charge is 2.25. The van der Waals surface area contributed by atoms with Crippen LogP contribution in [0, 0.1) is 0 Å². The average Bonchev–Trinajstić information content (AvgIpc) is 2.63. The highest BCUT2D eigenvalue weighted by molar-refractivity contribution is 5.97. The van der Waals surface area contributed by atoms with Crippen molar-refractivity contribution in [3.63, 3.8) is 0 Å². The third kappa shape index (κ3) is 5.99. The number of rotatable bonds is 7. The molecule has 2 fully saturated rings. The maximum absolute atomic E-state index is 11.8. The van der Waals surface area contributed by atoms with Gasteiger partial charge in [0.25, 0.3) is 0 Å². The summed E-state index contributed by atoms with van der Waals surface area (Å²) in [6.07, 6.45) is 6.80. The third-order valence-electron chi connectivity index (χ3n) is 5.15. The summed E-state index contributed by atoms with van der Waals surface area (Å²) in [5.74, 6) is 0.607. The van der Waals surface area contributed by atoms with Crippen molar-refractivity contribution in [1.82, 2.24) is 20.4 Å². The molecule has 0 spiro atoms. The van der Waals surface area contributed by atoms with Crippen LogP contribution in [0.1, 0.15) is 51.9 Å². The highest BCUT2D eigenvalue weighted by atomic mass is 16.2. The molecule has 0 aromatic heterocycles. The summed E-state index contributed by atoms with van der Waals surface area (Å²) in [5.41, 5.74) is 0. The van der Waals surface area contributed by atoms with E-state index in [1.165, 1.54) is 37.1 Å². The fraction of sp³-hybridized carbons (Fsp3) is 0.833. The summed E-state index contributed by atoms with van der Waals surface area (Å²) in [5, 5.41) is 6.53. The van der Waals surface area contributed by atoms with Crippen molar-refractivity contribution in [2.75, 3.05) is 39.8 Å². The van der Waals surface area contributed by atoms with Gasteiger partial charge in [0.05, 0.1) is 0 Å². The molecule has 2 aliphatic heterocycles. The summed E-state index contributed by atoms with van der Waals surface area (Å²) >= 11 is 0. The predicted molar refractivity (Wildman–Crippen MR) is 99.4 cm³/mol. The van der Waals surface area contributed by atoms with Gasteiger partial charge in [-0.3, -0.25) is 24.4 Å². The number of guanidine groups is 1. The Bertz CT molecular complexity index is 464. The lowest BCUT2D eigenvalue weighted by molar-refractivity contribution is -0.147. The largest absolute Gasteiger partial charge is 0.355 e. The van der Waals surface area contributed by atoms with E-state index in [0.717, 1.165) is 19.0 Å². The number of piperidine rings is 2. The molecule has 0 aromatic carbocycles. The molecule has 2 N–H and O–H groups in total. The Labute approximate surface area is 151 Å². The molecular weight excluding hydrogens is 318 g/mol. The minimum atomic E-state index is -0.0586. The van der Waals surface area contributed by atoms with E-state index in [9.17, 15) is 9.59 Å². The number of likely N-dealkylation sites (tertiary alicyclic amines) is 2. The van der Waals surface area contributed by atoms with Crippen LogP contribution in [-0.2, 0) is 9.59 Å². The Hall–Kier alpha value is -1.63. The Morgan fingerprint density at radius 3 is 2.40 bits per heavy atom. The molecule has 7 nitrogen and oxygen atoms in total. The summed E-state index contributed by atoms with van der Waals surface area (Å²) < 4.78 is 0. The first kappa shape index (κ1) is 19.7. The molecule has 0 radical (unpaired) electrons. The zero-order valence-corrected chi connectivity index (χ0v) is 15.7. The van der Waals surface area contributed by atoms with Crippen molar-refractivity contribution in [2.24, 2.45) is 4.99 Å². The second-order valence-corrected chi connectivity index (χ2v) is 6.81. The van der Waals surface area contributed by atoms with Gasteiger partial charge in [-0.05, 0) is 32.2 Å². The van der Waals surface area contributed by atoms with Crippen LogP contribution in [0.15, 0.2) is 4.99 Å². The smallest absolute Gasteiger partial charge is 0.229 e. The summed E-state index contributed by atoms with van der Waals surface area (Å²) in [6.45, 7) is 6.24. The molecule has 1 unspecified atom stereocenters. The van der Waals surface area contributed by atoms with E-state index in [4.69, 9.17) is 0 Å². The van der Waals surface area contributed by atoms with Gasteiger partial charge in [-0.1, -0.05) is 13.3 Å². The van der Waals surface area contributed by atoms with Crippen LogP contribution in [-0.4, -0.2) is 73.4 Å². The average molecular weight is 351 g/mol. The second kappa shape index (κ2) is 10.4. The molecule has 1 atom stereocenters. The van der Waals surface area contributed by atoms with Crippen molar-refractivity contribution in [3.8, 4) is 0 Å². The molecule has 7 heteroatoms. The highest BCUT2D eigenvalue weighted by Crippen LogP contribution is 2.18. The normalized spacial score (nSPS) is 23.0. The van der Waals surface area contributed by atoms with Gasteiger partial charge >= 0.3 is 0 Å². The van der Waals surface area contributed by atoms with Gasteiger partial charge in [0.1, 0.15) is 0 Å². The molecule has 2 heterocycles. The fourth-order valence-corrected chi connectivity index (χ4v) is 3.69. The van der Waals surface area contributed by atoms with E-state index in [0.29, 0.717) is 38.4 Å². The number of carbonyl (C=O) groups excluding carboxylic acids is 2. The molecule has 2 rings (SSSR count). The van der Waals surface area contributed by atoms with Crippen molar-refractivity contribution in [3.05, 3.63) is 0 Å². The molecule has 25 heavy (non-hydrogen) atoms. The van der Waals surface area contributed by atoms with E-state index < -0.39 is 0 Å². The predicted octanol–water partition coefficient (Wildman–Crippen LogP) is 0.955. The first-order chi connectivity index (χ1) is 12.2. The van der Waals surface area contributed by atoms with Crippen molar-refractivity contribution in [2.45, 2.75) is 57.9 Å². The van der Waals surface area contributed by atoms with E-state index in [-0.39, 0.29) is 11.8 Å². The molecule has 2 aliphatic rings. The van der Waals surface area contributed by atoms with Crippen LogP contribution < -0.4 is 10.6 Å². The number of hydrogen-bond donors (Lipinski definition) is 2. The first-order valence-corrected chi connectivity index (χ1v) is 9.67. The Morgan fingerprint density at radius 1 is 1.08 bits per heavy atom. The molecular formula is C18H33N5O2. The van der Waals surface area contributed by atoms with Crippen LogP contribution in [0.25, 0.3) is 0 Å². The Balaban J connectivity index is 1.66. The SMILES string of the molecule is CCC1CCCCN1CCNC(=NC)NCCN1C(=O)CCCC1=O. The maximum Gasteiger partial charge on any atom is 0.229 e. The van der Waals surface area contributed by atoms with Gasteiger partial charge in [-0.2, -0.15) is 0 Å². The zero-order valence-electron chi connectivity index (χ0n) is 15.7. The zero-order chi connectivity index (χ0) is 18.1. The summed E-state index contributed by atoms with van der Waals surface area (Å²) in [4.78, 5) is 31.7. The fourth-order valence-electron chi connectivity index (χ4n) is 3.69. The standard InChI is InChI=1S/C18H33N5O2/c1-3-15-7-4-5-12-22(15)13-10-20-18(19-2)21-11-14-23-16(24)8-6-9-17(23)25/h15H,3-14H2,1-2H3,(H2,19,20,21). The first-order valence-electron chi connectivity index (χ1n) is 9.67. The van der Waals surface area contributed by atoms with E-state index in [1.807, 2.05) is 0 Å². The molecule has 0 saturated carbocycles. The number of nitrogens with one attached hydrogen (secondary N) is 2. The molecule has 2 saturated heterocycles. The van der Waals surface area contributed by atoms with Gasteiger partial charge in [0, 0.05) is 52.1 Å². The monoisotopic (exact) mass is 351 g/mol. The number of imide groups is 1. The van der Waals surface area contributed by atoms with Gasteiger partial charge in [-0.15, -0.1) is 0 Å². The van der Waals surface area contributed by atoms with E-state index in [1.54, 1.807) is 7.05 Å². The van der Waals surface area contributed by atoms with Crippen molar-refractivity contribution in [1.29, 1.82) is 0 Å². The van der Waals surface area contributed by atoms with Gasteiger partial charge < -0.3 is 10.6 Å². The van der Waals surface area contributed by atoms with Crippen molar-refractivity contribution >= 4 is 17.8 Å². The number of nitrogens with zero attached hydrogens (tertiary/aromatic N) is 3. The Kier molecular flexibility index (Phi) is 8.18. The van der Waals surface area contributed by atoms with Gasteiger partial charge in [-0.25, -0.2) is 0 Å². The van der Waals surface area contributed by atoms with Crippen LogP contribution >= 0.6 is 0 Å². The van der Waals surface area contributed by atoms with Crippen molar-refractivity contribution < 1.29 is 9.59 Å². The molecule has 2 amide bonds. The maximum atomic E-state index is 11.8. The van der Waals surface area contributed by atoms with Crippen LogP contribution in [0.4, 0.5) is 0 Å². The van der Waals surface area contributed by atoms with Gasteiger partial charge in [0.15, 0.2) is 5.96 Å². The molecule has 0 aromatic rings. The molecule has 0 bridgehead atoms. The van der Waals surface area contributed by atoms with Crippen LogP contribution in [0.5, 0.6) is 0 Å². The number of aliphatic imine (C=N–C) groups is 1. The van der Waals surface area contributed by atoms with Gasteiger partial charge in [0.2, 0.25) is 11.8 Å². The minimum Gasteiger partial charge on any atom is -0.355 e. The van der Waals surface area contributed by atoms with Crippen LogP contribution in [0.3, 0.4) is 0 Å². The van der Waals surface area contributed by atoms with E-state index in [2.05, 4.69) is 27.4 Å². The third-order valence-corrected chi connectivity index (χ3v) is 5.15. The number of amides is 2. The summed E-state index contributed by atoms with van der Waals surface area (Å²) in [7, 11) is 1.74. The number of hydrogen-bond acceptors (Lipinski definition) is 4. The molecule has 0 aliphatic carbocycles. The molecule has 142 valence electrons. The number of carbonyl (C=O) groups is 2. The lowest BCUT2D eigenvalue weighted by atomic mass is 10.0. The second-order valence-electron chi connectivity index (χ2n) is 6.81. The summed E-state index contributed by atoms with van der Waals surface area (Å²) in [6, 6.07) is 0.710. The van der Waals surface area contributed by atoms with E-state index >= 15 is 0 Å². The Morgan fingerprint density at radius 2 is 1.76 bits per heavy atom. The lowest BCUT2D eigenvalue weighted by Gasteiger charge is -2.35. The topological polar surface area (TPSA) is 77.0 Å². The quantitative estimate of drug-likeness (QED) is 0.406. The minimum absolute atomic E-state index is 0.0586. The van der Waals surface area contributed by atoms with Crippen LogP contribution in [0.2, 0.25) is 0 Å². The lowest BCUT2D eigenvalue weighted by Crippen LogP contribution is -2.48.